The lowest BCUT2D eigenvalue weighted by atomic mass is 9.95. The summed E-state index contributed by atoms with van der Waals surface area (Å²) in [5.74, 6) is 0.192. The number of hydrogen-bond donors (Lipinski definition) is 1. The third kappa shape index (κ3) is 4.96. The van der Waals surface area contributed by atoms with Gasteiger partial charge in [0.25, 0.3) is 0 Å². The Hall–Kier alpha value is -2.09. The molecule has 0 aliphatic heterocycles. The van der Waals surface area contributed by atoms with Crippen LogP contribution in [0.25, 0.3) is 0 Å². The van der Waals surface area contributed by atoms with Crippen molar-refractivity contribution in [3.8, 4) is 0 Å². The molecule has 0 radical (unpaired) electrons. The van der Waals surface area contributed by atoms with Gasteiger partial charge in [0.1, 0.15) is 0 Å². The molecule has 0 bridgehead atoms. The topological polar surface area (TPSA) is 29.1 Å². The third-order valence-electron chi connectivity index (χ3n) is 3.00. The van der Waals surface area contributed by atoms with Crippen LogP contribution in [0.1, 0.15) is 20.8 Å². The fourth-order valence-electron chi connectivity index (χ4n) is 1.79. The predicted octanol–water partition coefficient (Wildman–Crippen LogP) is 3.83. The molecular formula is C17H21NO. The van der Waals surface area contributed by atoms with Crippen molar-refractivity contribution in [2.45, 2.75) is 20.8 Å². The lowest BCUT2D eigenvalue weighted by molar-refractivity contribution is -0.118. The Balaban J connectivity index is 2.87. The summed E-state index contributed by atoms with van der Waals surface area (Å²) in [4.78, 5) is 11.0. The van der Waals surface area contributed by atoms with Gasteiger partial charge >= 0.3 is 0 Å². The van der Waals surface area contributed by atoms with Crippen LogP contribution in [0.4, 0.5) is 0 Å². The highest BCUT2D eigenvalue weighted by Crippen LogP contribution is 2.21. The highest BCUT2D eigenvalue weighted by Gasteiger charge is 2.07. The SMILES string of the molecule is C=C/C=C\C(C)=C(\C)C1C=CC=C(NC(C)=O)C=C1. The molecule has 0 heterocycles. The molecule has 1 amide bonds. The number of allylic oxidation sites excluding steroid dienone is 10. The van der Waals surface area contributed by atoms with Gasteiger partial charge in [-0.2, -0.15) is 0 Å². The molecule has 1 atom stereocenters. The first-order chi connectivity index (χ1) is 9.04. The molecule has 0 aromatic heterocycles. The maximum atomic E-state index is 11.0. The van der Waals surface area contributed by atoms with Gasteiger partial charge < -0.3 is 5.32 Å². The molecule has 0 spiro atoms. The van der Waals surface area contributed by atoms with E-state index < -0.39 is 0 Å². The average Bonchev–Trinajstić information content (AvgIpc) is 2.60. The molecule has 2 nitrogen and oxygen atoms in total. The Kier molecular flexibility index (Phi) is 5.80. The molecule has 1 unspecified atom stereocenters. The highest BCUT2D eigenvalue weighted by molar-refractivity contribution is 5.75. The lowest BCUT2D eigenvalue weighted by Crippen LogP contribution is -2.17. The number of amides is 1. The Morgan fingerprint density at radius 3 is 2.68 bits per heavy atom. The van der Waals surface area contributed by atoms with E-state index in [9.17, 15) is 4.79 Å². The molecular weight excluding hydrogens is 234 g/mol. The van der Waals surface area contributed by atoms with E-state index in [2.05, 4.69) is 44.0 Å². The zero-order chi connectivity index (χ0) is 14.3. The molecule has 0 aromatic rings. The molecule has 0 saturated carbocycles. The average molecular weight is 255 g/mol. The summed E-state index contributed by atoms with van der Waals surface area (Å²) in [6.45, 7) is 9.39. The van der Waals surface area contributed by atoms with Crippen LogP contribution in [0.5, 0.6) is 0 Å². The van der Waals surface area contributed by atoms with Crippen molar-refractivity contribution >= 4 is 5.91 Å². The number of nitrogens with one attached hydrogen (secondary N) is 1. The van der Waals surface area contributed by atoms with Crippen molar-refractivity contribution < 1.29 is 4.79 Å². The minimum absolute atomic E-state index is 0.0555. The first kappa shape index (κ1) is 15.0. The van der Waals surface area contributed by atoms with Crippen LogP contribution in [-0.4, -0.2) is 5.91 Å². The van der Waals surface area contributed by atoms with E-state index in [4.69, 9.17) is 0 Å². The van der Waals surface area contributed by atoms with Crippen LogP contribution in [0.3, 0.4) is 0 Å². The molecule has 1 rings (SSSR count). The van der Waals surface area contributed by atoms with E-state index in [1.807, 2.05) is 24.3 Å². The molecule has 0 aromatic carbocycles. The molecule has 0 fully saturated rings. The molecule has 2 heteroatoms. The van der Waals surface area contributed by atoms with E-state index >= 15 is 0 Å². The number of carbonyl (C=O) groups excluding carboxylic acids is 1. The minimum atomic E-state index is -0.0555. The lowest BCUT2D eigenvalue weighted by Gasteiger charge is -2.10. The third-order valence-corrected chi connectivity index (χ3v) is 3.00. The second kappa shape index (κ2) is 7.37. The first-order valence-corrected chi connectivity index (χ1v) is 6.35. The largest absolute Gasteiger partial charge is 0.326 e. The fraction of sp³-hybridized carbons (Fsp3) is 0.235. The van der Waals surface area contributed by atoms with Crippen LogP contribution in [0, 0.1) is 5.92 Å². The van der Waals surface area contributed by atoms with Gasteiger partial charge in [0, 0.05) is 18.5 Å². The van der Waals surface area contributed by atoms with Gasteiger partial charge in [0.05, 0.1) is 0 Å². The molecule has 19 heavy (non-hydrogen) atoms. The Morgan fingerprint density at radius 2 is 2.05 bits per heavy atom. The zero-order valence-electron chi connectivity index (χ0n) is 11.8. The van der Waals surface area contributed by atoms with Gasteiger partial charge in [-0.05, 0) is 26.0 Å². The normalized spacial score (nSPS) is 19.7. The van der Waals surface area contributed by atoms with E-state index in [1.54, 1.807) is 6.08 Å². The van der Waals surface area contributed by atoms with Gasteiger partial charge in [-0.1, -0.05) is 54.2 Å². The van der Waals surface area contributed by atoms with Crippen molar-refractivity contribution in [1.29, 1.82) is 0 Å². The van der Waals surface area contributed by atoms with Gasteiger partial charge in [0.2, 0.25) is 5.91 Å². The van der Waals surface area contributed by atoms with Crippen molar-refractivity contribution in [3.05, 3.63) is 72.0 Å². The molecule has 1 aliphatic rings. The molecule has 100 valence electrons. The minimum Gasteiger partial charge on any atom is -0.326 e. The van der Waals surface area contributed by atoms with Gasteiger partial charge in [-0.15, -0.1) is 0 Å². The number of rotatable bonds is 4. The van der Waals surface area contributed by atoms with Crippen molar-refractivity contribution in [3.63, 3.8) is 0 Å². The number of carbonyl (C=O) groups is 1. The summed E-state index contributed by atoms with van der Waals surface area (Å²) in [7, 11) is 0. The molecule has 1 N–H and O–H groups in total. The summed E-state index contributed by atoms with van der Waals surface area (Å²) in [5.41, 5.74) is 3.32. The summed E-state index contributed by atoms with van der Waals surface area (Å²) in [6, 6.07) is 0. The number of hydrogen-bond acceptors (Lipinski definition) is 1. The Labute approximate surface area is 115 Å². The van der Waals surface area contributed by atoms with E-state index in [0.29, 0.717) is 0 Å². The van der Waals surface area contributed by atoms with E-state index in [-0.39, 0.29) is 11.8 Å². The van der Waals surface area contributed by atoms with Crippen molar-refractivity contribution in [2.24, 2.45) is 5.92 Å². The standard InChI is InChI=1S/C17H21NO/c1-5-6-8-13(2)14(3)16-9-7-10-17(12-11-16)18-15(4)19/h5-12,16H,1H2,2-4H3,(H,18,19)/b8-6-,14-13-. The maximum Gasteiger partial charge on any atom is 0.221 e. The summed E-state index contributed by atoms with van der Waals surface area (Å²) in [6.07, 6.45) is 15.8. The fourth-order valence-corrected chi connectivity index (χ4v) is 1.79. The smallest absolute Gasteiger partial charge is 0.221 e. The van der Waals surface area contributed by atoms with Crippen LogP contribution in [0.15, 0.2) is 72.0 Å². The van der Waals surface area contributed by atoms with Gasteiger partial charge in [0.15, 0.2) is 0 Å². The van der Waals surface area contributed by atoms with Crippen molar-refractivity contribution in [1.82, 2.24) is 5.32 Å². The summed E-state index contributed by atoms with van der Waals surface area (Å²) >= 11 is 0. The van der Waals surface area contributed by atoms with Crippen LogP contribution < -0.4 is 5.32 Å². The summed E-state index contributed by atoms with van der Waals surface area (Å²) in [5, 5.41) is 2.79. The van der Waals surface area contributed by atoms with Crippen LogP contribution in [0.2, 0.25) is 0 Å². The predicted molar refractivity (Wildman–Crippen MR) is 81.4 cm³/mol. The monoisotopic (exact) mass is 255 g/mol. The van der Waals surface area contributed by atoms with Gasteiger partial charge in [-0.25, -0.2) is 0 Å². The quantitative estimate of drug-likeness (QED) is 0.760. The molecule has 1 aliphatic carbocycles. The zero-order valence-corrected chi connectivity index (χ0v) is 11.8. The Bertz CT molecular complexity index is 501. The van der Waals surface area contributed by atoms with Gasteiger partial charge in [-0.3, -0.25) is 4.79 Å². The van der Waals surface area contributed by atoms with E-state index in [0.717, 1.165) is 5.70 Å². The Morgan fingerprint density at radius 1 is 1.32 bits per heavy atom. The highest BCUT2D eigenvalue weighted by atomic mass is 16.1. The van der Waals surface area contributed by atoms with Crippen LogP contribution in [-0.2, 0) is 4.79 Å². The van der Waals surface area contributed by atoms with Crippen molar-refractivity contribution in [2.75, 3.05) is 0 Å². The summed E-state index contributed by atoms with van der Waals surface area (Å²) < 4.78 is 0. The van der Waals surface area contributed by atoms with Crippen LogP contribution >= 0.6 is 0 Å². The first-order valence-electron chi connectivity index (χ1n) is 6.35. The second-order valence-corrected chi connectivity index (χ2v) is 4.53. The van der Waals surface area contributed by atoms with E-state index in [1.165, 1.54) is 18.1 Å². The maximum absolute atomic E-state index is 11.0. The molecule has 0 saturated heterocycles. The second-order valence-electron chi connectivity index (χ2n) is 4.53.